The second kappa shape index (κ2) is 5.80. The Morgan fingerprint density at radius 2 is 1.81 bits per heavy atom. The molecule has 2 N–H and O–H groups in total. The Labute approximate surface area is 126 Å². The number of ether oxygens (including phenoxy) is 2. The number of benzene rings is 2. The van der Waals surface area contributed by atoms with Gasteiger partial charge >= 0.3 is 0 Å². The number of anilines is 1. The molecule has 2 aromatic rings. The Balaban J connectivity index is 1.65. The minimum absolute atomic E-state index is 0.175. The van der Waals surface area contributed by atoms with Crippen LogP contribution in [-0.4, -0.2) is 17.8 Å². The number of rotatable bonds is 2. The maximum atomic E-state index is 12.1. The Morgan fingerprint density at radius 1 is 1.05 bits per heavy atom. The van der Waals surface area contributed by atoms with E-state index in [0.29, 0.717) is 17.1 Å². The standard InChI is InChI=1S/C15H12N2O3S/c18-14(10-6-7-12-13(8-10)20-9-19-12)17-15(21)16-11-4-2-1-3-5-11/h1-8H,9H2,(H2,16,17,18,21). The Hall–Kier alpha value is -2.60. The summed E-state index contributed by atoms with van der Waals surface area (Å²) in [5.41, 5.74) is 1.27. The van der Waals surface area contributed by atoms with Crippen molar-refractivity contribution in [1.29, 1.82) is 0 Å². The third kappa shape index (κ3) is 3.11. The van der Waals surface area contributed by atoms with Crippen molar-refractivity contribution in [3.05, 3.63) is 54.1 Å². The Morgan fingerprint density at radius 3 is 2.62 bits per heavy atom. The molecule has 106 valence electrons. The number of hydrogen-bond donors (Lipinski definition) is 2. The van der Waals surface area contributed by atoms with Gasteiger partial charge in [0.05, 0.1) is 0 Å². The first-order chi connectivity index (χ1) is 10.2. The maximum Gasteiger partial charge on any atom is 0.257 e. The molecule has 1 aliphatic rings. The lowest BCUT2D eigenvalue weighted by molar-refractivity contribution is 0.0977. The van der Waals surface area contributed by atoms with Gasteiger partial charge in [-0.2, -0.15) is 0 Å². The average Bonchev–Trinajstić information content (AvgIpc) is 2.95. The highest BCUT2D eigenvalue weighted by atomic mass is 32.1. The van der Waals surface area contributed by atoms with Gasteiger partial charge in [0.25, 0.3) is 5.91 Å². The summed E-state index contributed by atoms with van der Waals surface area (Å²) in [6, 6.07) is 14.4. The van der Waals surface area contributed by atoms with Crippen molar-refractivity contribution in [2.24, 2.45) is 0 Å². The summed E-state index contributed by atoms with van der Waals surface area (Å²) >= 11 is 5.11. The van der Waals surface area contributed by atoms with Crippen LogP contribution < -0.4 is 20.1 Å². The first-order valence-corrected chi connectivity index (χ1v) is 6.70. The van der Waals surface area contributed by atoms with E-state index in [-0.39, 0.29) is 17.8 Å². The summed E-state index contributed by atoms with van der Waals surface area (Å²) in [6.45, 7) is 0.175. The second-order valence-electron chi connectivity index (χ2n) is 4.34. The molecule has 0 spiro atoms. The zero-order valence-corrected chi connectivity index (χ0v) is 11.8. The van der Waals surface area contributed by atoms with E-state index < -0.39 is 0 Å². The minimum Gasteiger partial charge on any atom is -0.454 e. The molecule has 1 heterocycles. The molecule has 0 fully saturated rings. The van der Waals surface area contributed by atoms with Crippen molar-refractivity contribution in [3.8, 4) is 11.5 Å². The fourth-order valence-electron chi connectivity index (χ4n) is 1.90. The predicted molar refractivity (Wildman–Crippen MR) is 82.7 cm³/mol. The molecule has 0 unspecified atom stereocenters. The molecule has 3 rings (SSSR count). The van der Waals surface area contributed by atoms with Crippen LogP contribution in [0.2, 0.25) is 0 Å². The first-order valence-electron chi connectivity index (χ1n) is 6.29. The van der Waals surface area contributed by atoms with Crippen LogP contribution >= 0.6 is 12.2 Å². The van der Waals surface area contributed by atoms with Crippen LogP contribution in [0.3, 0.4) is 0 Å². The number of nitrogens with one attached hydrogen (secondary N) is 2. The van der Waals surface area contributed by atoms with Gasteiger partial charge in [-0.05, 0) is 42.5 Å². The van der Waals surface area contributed by atoms with Crippen molar-refractivity contribution in [2.45, 2.75) is 0 Å². The topological polar surface area (TPSA) is 59.6 Å². The molecule has 6 heteroatoms. The van der Waals surface area contributed by atoms with E-state index >= 15 is 0 Å². The normalized spacial score (nSPS) is 11.8. The Bertz CT molecular complexity index is 689. The summed E-state index contributed by atoms with van der Waals surface area (Å²) in [4.78, 5) is 12.1. The number of hydrogen-bond acceptors (Lipinski definition) is 4. The molecule has 2 aromatic carbocycles. The summed E-state index contributed by atoms with van der Waals surface area (Å²) in [6.07, 6.45) is 0. The second-order valence-corrected chi connectivity index (χ2v) is 4.75. The van der Waals surface area contributed by atoms with E-state index in [1.54, 1.807) is 18.2 Å². The summed E-state index contributed by atoms with van der Waals surface area (Å²) in [5, 5.41) is 5.80. The fraction of sp³-hybridized carbons (Fsp3) is 0.0667. The SMILES string of the molecule is O=C(NC(=S)Nc1ccccc1)c1ccc2c(c1)OCO2. The number of carbonyl (C=O) groups excluding carboxylic acids is 1. The van der Waals surface area contributed by atoms with Crippen LogP contribution in [0.1, 0.15) is 10.4 Å². The number of para-hydroxylation sites is 1. The minimum atomic E-state index is -0.304. The van der Waals surface area contributed by atoms with Gasteiger partial charge in [0.15, 0.2) is 16.6 Å². The molecule has 0 atom stereocenters. The van der Waals surface area contributed by atoms with Crippen molar-refractivity contribution < 1.29 is 14.3 Å². The van der Waals surface area contributed by atoms with Gasteiger partial charge in [0, 0.05) is 11.3 Å². The van der Waals surface area contributed by atoms with Crippen molar-refractivity contribution in [3.63, 3.8) is 0 Å². The van der Waals surface area contributed by atoms with Crippen molar-refractivity contribution in [2.75, 3.05) is 12.1 Å². The number of fused-ring (bicyclic) bond motifs is 1. The molecule has 0 bridgehead atoms. The molecule has 0 aliphatic carbocycles. The van der Waals surface area contributed by atoms with E-state index in [9.17, 15) is 4.79 Å². The average molecular weight is 300 g/mol. The zero-order valence-electron chi connectivity index (χ0n) is 11.0. The monoisotopic (exact) mass is 300 g/mol. The molecule has 21 heavy (non-hydrogen) atoms. The number of amides is 1. The summed E-state index contributed by atoms with van der Waals surface area (Å²) in [5.74, 6) is 0.892. The lowest BCUT2D eigenvalue weighted by Crippen LogP contribution is -2.34. The highest BCUT2D eigenvalue weighted by molar-refractivity contribution is 7.80. The first kappa shape index (κ1) is 13.4. The van der Waals surface area contributed by atoms with Crippen LogP contribution in [0, 0.1) is 0 Å². The number of thiocarbonyl (C=S) groups is 1. The molecule has 1 amide bonds. The zero-order chi connectivity index (χ0) is 14.7. The maximum absolute atomic E-state index is 12.1. The van der Waals surface area contributed by atoms with Gasteiger partial charge in [-0.1, -0.05) is 18.2 Å². The van der Waals surface area contributed by atoms with Crippen LogP contribution in [0.5, 0.6) is 11.5 Å². The van der Waals surface area contributed by atoms with E-state index in [1.165, 1.54) is 0 Å². The number of carbonyl (C=O) groups is 1. The largest absolute Gasteiger partial charge is 0.454 e. The van der Waals surface area contributed by atoms with Gasteiger partial charge in [-0.3, -0.25) is 10.1 Å². The fourth-order valence-corrected chi connectivity index (χ4v) is 2.11. The van der Waals surface area contributed by atoms with Crippen LogP contribution in [-0.2, 0) is 0 Å². The Kier molecular flexibility index (Phi) is 3.70. The molecule has 5 nitrogen and oxygen atoms in total. The van der Waals surface area contributed by atoms with Crippen LogP contribution in [0.4, 0.5) is 5.69 Å². The van der Waals surface area contributed by atoms with E-state index in [0.717, 1.165) is 5.69 Å². The van der Waals surface area contributed by atoms with Gasteiger partial charge in [0.2, 0.25) is 6.79 Å². The highest BCUT2D eigenvalue weighted by Gasteiger charge is 2.16. The third-order valence-corrected chi connectivity index (χ3v) is 3.10. The van der Waals surface area contributed by atoms with Crippen molar-refractivity contribution in [1.82, 2.24) is 5.32 Å². The van der Waals surface area contributed by atoms with E-state index in [4.69, 9.17) is 21.7 Å². The molecule has 0 aromatic heterocycles. The smallest absolute Gasteiger partial charge is 0.257 e. The molecular weight excluding hydrogens is 288 g/mol. The lowest BCUT2D eigenvalue weighted by Gasteiger charge is -2.09. The van der Waals surface area contributed by atoms with Gasteiger partial charge in [0.1, 0.15) is 0 Å². The molecule has 1 aliphatic heterocycles. The molecule has 0 saturated carbocycles. The van der Waals surface area contributed by atoms with Gasteiger partial charge in [-0.15, -0.1) is 0 Å². The molecule has 0 saturated heterocycles. The van der Waals surface area contributed by atoms with Gasteiger partial charge in [-0.25, -0.2) is 0 Å². The highest BCUT2D eigenvalue weighted by Crippen LogP contribution is 2.32. The third-order valence-electron chi connectivity index (χ3n) is 2.89. The molecule has 0 radical (unpaired) electrons. The van der Waals surface area contributed by atoms with E-state index in [2.05, 4.69) is 10.6 Å². The van der Waals surface area contributed by atoms with Crippen LogP contribution in [0.25, 0.3) is 0 Å². The lowest BCUT2D eigenvalue weighted by atomic mass is 10.2. The quantitative estimate of drug-likeness (QED) is 0.835. The molecular formula is C15H12N2O3S. The summed E-state index contributed by atoms with van der Waals surface area (Å²) in [7, 11) is 0. The predicted octanol–water partition coefficient (Wildman–Crippen LogP) is 2.54. The van der Waals surface area contributed by atoms with E-state index in [1.807, 2.05) is 30.3 Å². The van der Waals surface area contributed by atoms with Crippen LogP contribution in [0.15, 0.2) is 48.5 Å². The van der Waals surface area contributed by atoms with Gasteiger partial charge < -0.3 is 14.8 Å². The van der Waals surface area contributed by atoms with Crippen molar-refractivity contribution >= 4 is 28.9 Å². The summed E-state index contributed by atoms with van der Waals surface area (Å²) < 4.78 is 10.4.